The fourth-order valence-electron chi connectivity index (χ4n) is 2.49. The molecule has 0 amide bonds. The summed E-state index contributed by atoms with van der Waals surface area (Å²) in [4.78, 5) is 10.1. The maximum absolute atomic E-state index is 12.5. The van der Waals surface area contributed by atoms with Crippen LogP contribution in [0.4, 0.5) is 5.69 Å². The number of non-ortho nitro benzene ring substituents is 1. The zero-order valence-corrected chi connectivity index (χ0v) is 13.4. The van der Waals surface area contributed by atoms with Gasteiger partial charge in [-0.2, -0.15) is 4.31 Å². The number of ether oxygens (including phenoxy) is 1. The van der Waals surface area contributed by atoms with Gasteiger partial charge in [-0.3, -0.25) is 10.1 Å². The summed E-state index contributed by atoms with van der Waals surface area (Å²) in [5, 5.41) is 10.6. The van der Waals surface area contributed by atoms with Gasteiger partial charge < -0.3 is 4.74 Å². The quantitative estimate of drug-likeness (QED) is 0.340. The fourth-order valence-corrected chi connectivity index (χ4v) is 3.96. The molecule has 8 heteroatoms. The van der Waals surface area contributed by atoms with E-state index < -0.39 is 14.9 Å². The van der Waals surface area contributed by atoms with Crippen LogP contribution >= 0.6 is 0 Å². The Morgan fingerprint density at radius 3 is 2.43 bits per heavy atom. The van der Waals surface area contributed by atoms with Crippen molar-refractivity contribution >= 4 is 15.7 Å². The number of benzene rings is 1. The van der Waals surface area contributed by atoms with E-state index in [-0.39, 0.29) is 17.2 Å². The van der Waals surface area contributed by atoms with Crippen LogP contribution in [0.15, 0.2) is 29.2 Å². The average Bonchev–Trinajstić information content (AvgIpc) is 2.55. The largest absolute Gasteiger partial charge is 0.369 e. The van der Waals surface area contributed by atoms with Gasteiger partial charge in [0.1, 0.15) is 6.61 Å². The van der Waals surface area contributed by atoms with Gasteiger partial charge in [0, 0.05) is 25.2 Å². The third-order valence-electron chi connectivity index (χ3n) is 3.80. The van der Waals surface area contributed by atoms with E-state index in [0.29, 0.717) is 38.5 Å². The van der Waals surface area contributed by atoms with Gasteiger partial charge in [0.05, 0.1) is 16.4 Å². The third-order valence-corrected chi connectivity index (χ3v) is 5.71. The Labute approximate surface area is 135 Å². The number of nitro benzene ring substituents is 1. The number of hydrogen-bond acceptors (Lipinski definition) is 5. The number of rotatable bonds is 6. The van der Waals surface area contributed by atoms with Crippen molar-refractivity contribution in [1.82, 2.24) is 4.31 Å². The Bertz CT molecular complexity index is 686. The summed E-state index contributed by atoms with van der Waals surface area (Å²) in [5.41, 5.74) is -0.131. The lowest BCUT2D eigenvalue weighted by Gasteiger charge is -2.30. The van der Waals surface area contributed by atoms with E-state index in [1.165, 1.54) is 28.6 Å². The van der Waals surface area contributed by atoms with Crippen LogP contribution in [0.1, 0.15) is 12.8 Å². The second kappa shape index (κ2) is 7.55. The van der Waals surface area contributed by atoms with E-state index in [4.69, 9.17) is 11.2 Å². The van der Waals surface area contributed by atoms with Crippen LogP contribution < -0.4 is 0 Å². The summed E-state index contributed by atoms with van der Waals surface area (Å²) < 4.78 is 31.8. The zero-order valence-electron chi connectivity index (χ0n) is 12.6. The van der Waals surface area contributed by atoms with Gasteiger partial charge in [-0.05, 0) is 30.9 Å². The van der Waals surface area contributed by atoms with Crippen molar-refractivity contribution in [2.45, 2.75) is 17.7 Å². The second-order valence-corrected chi connectivity index (χ2v) is 7.26. The molecule has 0 atom stereocenters. The molecule has 0 N–H and O–H groups in total. The SMILES string of the molecule is C#CCOCC1CCN(S(=O)(=O)c2ccc([N+](=O)[O-])cc2)CC1. The molecule has 1 aliphatic rings. The van der Waals surface area contributed by atoms with Crippen molar-refractivity contribution in [2.75, 3.05) is 26.3 Å². The minimum Gasteiger partial charge on any atom is -0.369 e. The highest BCUT2D eigenvalue weighted by Gasteiger charge is 2.29. The maximum atomic E-state index is 12.5. The Morgan fingerprint density at radius 2 is 1.91 bits per heavy atom. The van der Waals surface area contributed by atoms with Crippen LogP contribution in [-0.4, -0.2) is 43.9 Å². The van der Waals surface area contributed by atoms with Gasteiger partial charge in [-0.25, -0.2) is 8.42 Å². The molecule has 1 aliphatic heterocycles. The smallest absolute Gasteiger partial charge is 0.269 e. The molecular formula is C15H18N2O5S. The van der Waals surface area contributed by atoms with Crippen molar-refractivity contribution in [1.29, 1.82) is 0 Å². The average molecular weight is 338 g/mol. The molecule has 23 heavy (non-hydrogen) atoms. The second-order valence-electron chi connectivity index (χ2n) is 5.32. The number of sulfonamides is 1. The number of nitro groups is 1. The molecule has 0 saturated carbocycles. The molecule has 0 radical (unpaired) electrons. The lowest BCUT2D eigenvalue weighted by atomic mass is 9.99. The van der Waals surface area contributed by atoms with E-state index in [9.17, 15) is 18.5 Å². The highest BCUT2D eigenvalue weighted by atomic mass is 32.2. The van der Waals surface area contributed by atoms with E-state index in [2.05, 4.69) is 5.92 Å². The summed E-state index contributed by atoms with van der Waals surface area (Å²) in [6.07, 6.45) is 6.52. The normalized spacial score (nSPS) is 16.8. The number of nitrogens with zero attached hydrogens (tertiary/aromatic N) is 2. The van der Waals surface area contributed by atoms with Crippen LogP contribution in [-0.2, 0) is 14.8 Å². The molecule has 1 aromatic rings. The minimum atomic E-state index is -3.62. The first-order chi connectivity index (χ1) is 10.9. The van der Waals surface area contributed by atoms with Crippen molar-refractivity contribution < 1.29 is 18.1 Å². The minimum absolute atomic E-state index is 0.0742. The van der Waals surface area contributed by atoms with Crippen LogP contribution in [0, 0.1) is 28.4 Å². The van der Waals surface area contributed by atoms with Crippen molar-refractivity contribution in [3.05, 3.63) is 34.4 Å². The molecule has 1 fully saturated rings. The van der Waals surface area contributed by atoms with E-state index in [0.717, 1.165) is 0 Å². The molecule has 1 aromatic carbocycles. The molecule has 7 nitrogen and oxygen atoms in total. The molecule has 0 aromatic heterocycles. The third kappa shape index (κ3) is 4.28. The molecule has 0 unspecified atom stereocenters. The summed E-state index contributed by atoms with van der Waals surface area (Å²) in [5.74, 6) is 2.70. The zero-order chi connectivity index (χ0) is 16.9. The molecule has 124 valence electrons. The van der Waals surface area contributed by atoms with Crippen LogP contribution in [0.5, 0.6) is 0 Å². The maximum Gasteiger partial charge on any atom is 0.269 e. The predicted molar refractivity (Wildman–Crippen MR) is 84.2 cm³/mol. The van der Waals surface area contributed by atoms with Gasteiger partial charge in [-0.1, -0.05) is 5.92 Å². The first-order valence-electron chi connectivity index (χ1n) is 7.21. The van der Waals surface area contributed by atoms with Crippen molar-refractivity contribution in [3.63, 3.8) is 0 Å². The fraction of sp³-hybridized carbons (Fsp3) is 0.467. The lowest BCUT2D eigenvalue weighted by molar-refractivity contribution is -0.384. The Kier molecular flexibility index (Phi) is 5.71. The van der Waals surface area contributed by atoms with E-state index in [1.807, 2.05) is 0 Å². The first-order valence-corrected chi connectivity index (χ1v) is 8.65. The van der Waals surface area contributed by atoms with Gasteiger partial charge in [0.25, 0.3) is 5.69 Å². The molecule has 0 bridgehead atoms. The molecular weight excluding hydrogens is 320 g/mol. The molecule has 1 heterocycles. The van der Waals surface area contributed by atoms with Crippen molar-refractivity contribution in [2.24, 2.45) is 5.92 Å². The molecule has 0 aliphatic carbocycles. The van der Waals surface area contributed by atoms with E-state index >= 15 is 0 Å². The highest BCUT2D eigenvalue weighted by Crippen LogP contribution is 2.25. The lowest BCUT2D eigenvalue weighted by Crippen LogP contribution is -2.39. The first kappa shape index (κ1) is 17.4. The Hall–Kier alpha value is -1.95. The molecule has 0 spiro atoms. The number of piperidine rings is 1. The van der Waals surface area contributed by atoms with Crippen LogP contribution in [0.3, 0.4) is 0 Å². The van der Waals surface area contributed by atoms with Gasteiger partial charge in [0.15, 0.2) is 0 Å². The summed E-state index contributed by atoms with van der Waals surface area (Å²) in [6.45, 7) is 1.61. The number of hydrogen-bond donors (Lipinski definition) is 0. The molecule has 1 saturated heterocycles. The summed E-state index contributed by atoms with van der Waals surface area (Å²) >= 11 is 0. The standard InChI is InChI=1S/C15H18N2O5S/c1-2-11-22-12-13-7-9-16(10-8-13)23(20,21)15-5-3-14(4-6-15)17(18)19/h1,3-6,13H,7-12H2. The topological polar surface area (TPSA) is 89.8 Å². The molecule has 2 rings (SSSR count). The predicted octanol–water partition coefficient (Wildman–Crippen LogP) is 1.65. The van der Waals surface area contributed by atoms with Crippen molar-refractivity contribution in [3.8, 4) is 12.3 Å². The monoisotopic (exact) mass is 338 g/mol. The van der Waals surface area contributed by atoms with Crippen LogP contribution in [0.2, 0.25) is 0 Å². The highest BCUT2D eigenvalue weighted by molar-refractivity contribution is 7.89. The van der Waals surface area contributed by atoms with Gasteiger partial charge in [-0.15, -0.1) is 6.42 Å². The Balaban J connectivity index is 1.99. The van der Waals surface area contributed by atoms with Gasteiger partial charge >= 0.3 is 0 Å². The summed E-state index contributed by atoms with van der Waals surface area (Å²) in [6, 6.07) is 4.95. The summed E-state index contributed by atoms with van der Waals surface area (Å²) in [7, 11) is -3.62. The van der Waals surface area contributed by atoms with Gasteiger partial charge in [0.2, 0.25) is 10.0 Å². The van der Waals surface area contributed by atoms with E-state index in [1.54, 1.807) is 0 Å². The van der Waals surface area contributed by atoms with Crippen LogP contribution in [0.25, 0.3) is 0 Å². The number of terminal acetylenes is 1. The Morgan fingerprint density at radius 1 is 1.30 bits per heavy atom.